The molecule has 22 heavy (non-hydrogen) atoms. The fraction of sp³-hybridized carbons (Fsp3) is 0.500. The summed E-state index contributed by atoms with van der Waals surface area (Å²) < 4.78 is 4.75. The van der Waals surface area contributed by atoms with Crippen molar-refractivity contribution < 1.29 is 19.4 Å². The van der Waals surface area contributed by atoms with Gasteiger partial charge in [0.25, 0.3) is 5.91 Å². The number of carbonyl (C=O) groups is 2. The number of aryl methyl sites for hydroxylation is 1. The van der Waals surface area contributed by atoms with Crippen molar-refractivity contribution in [2.45, 2.75) is 39.7 Å². The van der Waals surface area contributed by atoms with Gasteiger partial charge in [0.05, 0.1) is 5.69 Å². The predicted octanol–water partition coefficient (Wildman–Crippen LogP) is 1.39. The molecule has 8 nitrogen and oxygen atoms in total. The third-order valence-electron chi connectivity index (χ3n) is 3.75. The number of aliphatic imine (C=N–C) groups is 1. The Balaban J connectivity index is 2.49. The standard InChI is InChI=1S/C14H18N4O4/c1-5-8-6-9(22-13(20)21)10(18-17-8)11-15-12(19)14(4,16-11)7(2)3/h6-7H,5H2,1-4H3,(H,20,21)(H,15,16,19). The number of ether oxygens (including phenoxy) is 1. The van der Waals surface area contributed by atoms with Crippen LogP contribution >= 0.6 is 0 Å². The molecule has 0 fully saturated rings. The van der Waals surface area contributed by atoms with Gasteiger partial charge in [0.1, 0.15) is 5.54 Å². The molecule has 2 heterocycles. The lowest BCUT2D eigenvalue weighted by atomic mass is 9.89. The number of nitrogens with zero attached hydrogens (tertiary/aromatic N) is 3. The summed E-state index contributed by atoms with van der Waals surface area (Å²) in [5.41, 5.74) is -0.241. The number of amides is 1. The number of nitrogens with one attached hydrogen (secondary N) is 1. The maximum Gasteiger partial charge on any atom is 0.511 e. The van der Waals surface area contributed by atoms with Crippen LogP contribution in [0.1, 0.15) is 39.1 Å². The van der Waals surface area contributed by atoms with E-state index in [9.17, 15) is 9.59 Å². The fourth-order valence-corrected chi connectivity index (χ4v) is 1.97. The van der Waals surface area contributed by atoms with Crippen LogP contribution in [0, 0.1) is 5.92 Å². The Kier molecular flexibility index (Phi) is 4.11. The highest BCUT2D eigenvalue weighted by molar-refractivity contribution is 6.15. The molecule has 2 N–H and O–H groups in total. The van der Waals surface area contributed by atoms with Gasteiger partial charge >= 0.3 is 6.16 Å². The minimum absolute atomic E-state index is 0.00593. The normalized spacial score (nSPS) is 20.8. The van der Waals surface area contributed by atoms with Crippen LogP contribution in [0.3, 0.4) is 0 Å². The number of aromatic nitrogens is 2. The smallest absolute Gasteiger partial charge is 0.449 e. The molecule has 1 atom stereocenters. The molecule has 0 aliphatic carbocycles. The first-order valence-electron chi connectivity index (χ1n) is 6.97. The summed E-state index contributed by atoms with van der Waals surface area (Å²) in [6.45, 7) is 7.34. The van der Waals surface area contributed by atoms with Gasteiger partial charge < -0.3 is 15.2 Å². The molecule has 1 aliphatic rings. The van der Waals surface area contributed by atoms with Crippen molar-refractivity contribution in [2.75, 3.05) is 0 Å². The SMILES string of the molecule is CCc1cc(OC(=O)O)c(C2=NC(C)(C(C)C)C(=O)N2)nn1. The number of carbonyl (C=O) groups excluding carboxylic acids is 1. The third kappa shape index (κ3) is 2.76. The summed E-state index contributed by atoms with van der Waals surface area (Å²) in [7, 11) is 0. The summed E-state index contributed by atoms with van der Waals surface area (Å²) in [5, 5.41) is 19.4. The molecular weight excluding hydrogens is 288 g/mol. The molecule has 118 valence electrons. The van der Waals surface area contributed by atoms with Crippen molar-refractivity contribution >= 4 is 17.9 Å². The summed E-state index contributed by atoms with van der Waals surface area (Å²) in [5.74, 6) is -0.115. The van der Waals surface area contributed by atoms with Crippen LogP contribution in [0.15, 0.2) is 11.1 Å². The Labute approximate surface area is 127 Å². The maximum atomic E-state index is 12.1. The van der Waals surface area contributed by atoms with Gasteiger partial charge in [-0.2, -0.15) is 5.10 Å². The van der Waals surface area contributed by atoms with Crippen molar-refractivity contribution in [1.29, 1.82) is 0 Å². The monoisotopic (exact) mass is 306 g/mol. The van der Waals surface area contributed by atoms with E-state index in [1.807, 2.05) is 20.8 Å². The van der Waals surface area contributed by atoms with Gasteiger partial charge in [-0.05, 0) is 19.3 Å². The van der Waals surface area contributed by atoms with Crippen LogP contribution in [0.5, 0.6) is 5.75 Å². The summed E-state index contributed by atoms with van der Waals surface area (Å²) >= 11 is 0. The van der Waals surface area contributed by atoms with E-state index in [0.717, 1.165) is 0 Å². The first-order chi connectivity index (χ1) is 10.3. The zero-order valence-corrected chi connectivity index (χ0v) is 12.9. The molecular formula is C14H18N4O4. The molecule has 1 unspecified atom stereocenters. The molecule has 1 amide bonds. The second kappa shape index (κ2) is 5.70. The third-order valence-corrected chi connectivity index (χ3v) is 3.75. The lowest BCUT2D eigenvalue weighted by Gasteiger charge is -2.21. The number of hydrogen-bond acceptors (Lipinski definition) is 6. The molecule has 0 bridgehead atoms. The lowest BCUT2D eigenvalue weighted by Crippen LogP contribution is -2.41. The van der Waals surface area contributed by atoms with E-state index in [-0.39, 0.29) is 29.1 Å². The first-order valence-corrected chi connectivity index (χ1v) is 6.97. The zero-order valence-electron chi connectivity index (χ0n) is 12.9. The van der Waals surface area contributed by atoms with Crippen molar-refractivity contribution in [2.24, 2.45) is 10.9 Å². The summed E-state index contributed by atoms with van der Waals surface area (Å²) in [4.78, 5) is 27.4. The van der Waals surface area contributed by atoms with Crippen molar-refractivity contribution in [1.82, 2.24) is 15.5 Å². The second-order valence-corrected chi connectivity index (χ2v) is 5.49. The topological polar surface area (TPSA) is 114 Å². The van der Waals surface area contributed by atoms with Crippen molar-refractivity contribution in [3.8, 4) is 5.75 Å². The molecule has 0 aromatic carbocycles. The molecule has 1 aromatic heterocycles. The largest absolute Gasteiger partial charge is 0.511 e. The summed E-state index contributed by atoms with van der Waals surface area (Å²) in [6, 6.07) is 1.48. The average molecular weight is 306 g/mol. The second-order valence-electron chi connectivity index (χ2n) is 5.49. The van der Waals surface area contributed by atoms with Crippen LogP contribution in [-0.2, 0) is 11.2 Å². The Morgan fingerprint density at radius 2 is 2.14 bits per heavy atom. The predicted molar refractivity (Wildman–Crippen MR) is 78.0 cm³/mol. The van der Waals surface area contributed by atoms with Gasteiger partial charge in [-0.1, -0.05) is 20.8 Å². The molecule has 8 heteroatoms. The molecule has 0 saturated heterocycles. The zero-order chi connectivity index (χ0) is 16.5. The van der Waals surface area contributed by atoms with Crippen LogP contribution in [-0.4, -0.2) is 38.7 Å². The van der Waals surface area contributed by atoms with E-state index in [2.05, 4.69) is 20.5 Å². The average Bonchev–Trinajstić information content (AvgIpc) is 2.75. The Hall–Kier alpha value is -2.51. The molecule has 1 aliphatic heterocycles. The number of hydrogen-bond donors (Lipinski definition) is 2. The van der Waals surface area contributed by atoms with E-state index >= 15 is 0 Å². The number of amidine groups is 1. The molecule has 0 spiro atoms. The highest BCUT2D eigenvalue weighted by Crippen LogP contribution is 2.28. The quantitative estimate of drug-likeness (QED) is 0.812. The van der Waals surface area contributed by atoms with E-state index in [0.29, 0.717) is 12.1 Å². The van der Waals surface area contributed by atoms with E-state index < -0.39 is 11.7 Å². The minimum Gasteiger partial charge on any atom is -0.449 e. The highest BCUT2D eigenvalue weighted by Gasteiger charge is 2.43. The van der Waals surface area contributed by atoms with Crippen LogP contribution in [0.25, 0.3) is 0 Å². The summed E-state index contributed by atoms with van der Waals surface area (Å²) in [6.07, 6.45) is -0.890. The van der Waals surface area contributed by atoms with Gasteiger partial charge in [-0.15, -0.1) is 5.10 Å². The lowest BCUT2D eigenvalue weighted by molar-refractivity contribution is -0.124. The molecule has 0 saturated carbocycles. The highest BCUT2D eigenvalue weighted by atomic mass is 16.7. The van der Waals surface area contributed by atoms with Crippen LogP contribution < -0.4 is 10.1 Å². The Bertz CT molecular complexity index is 656. The van der Waals surface area contributed by atoms with Crippen molar-refractivity contribution in [3.63, 3.8) is 0 Å². The minimum atomic E-state index is -1.46. The van der Waals surface area contributed by atoms with Crippen LogP contribution in [0.2, 0.25) is 0 Å². The van der Waals surface area contributed by atoms with Gasteiger partial charge in [0.15, 0.2) is 17.3 Å². The molecule has 2 rings (SSSR count). The van der Waals surface area contributed by atoms with E-state index in [1.54, 1.807) is 6.92 Å². The van der Waals surface area contributed by atoms with Gasteiger partial charge in [-0.25, -0.2) is 9.79 Å². The Morgan fingerprint density at radius 3 is 2.64 bits per heavy atom. The van der Waals surface area contributed by atoms with E-state index in [4.69, 9.17) is 9.84 Å². The first kappa shape index (κ1) is 15.9. The molecule has 1 aromatic rings. The van der Waals surface area contributed by atoms with Gasteiger partial charge in [-0.3, -0.25) is 4.79 Å². The van der Waals surface area contributed by atoms with Gasteiger partial charge in [0, 0.05) is 6.07 Å². The number of carboxylic acid groups (broad SMARTS) is 1. The maximum absolute atomic E-state index is 12.1. The fourth-order valence-electron chi connectivity index (χ4n) is 1.97. The molecule has 0 radical (unpaired) electrons. The number of rotatable bonds is 4. The van der Waals surface area contributed by atoms with Gasteiger partial charge in [0.2, 0.25) is 0 Å². The van der Waals surface area contributed by atoms with Crippen molar-refractivity contribution in [3.05, 3.63) is 17.5 Å². The van der Waals surface area contributed by atoms with Crippen LogP contribution in [0.4, 0.5) is 4.79 Å². The van der Waals surface area contributed by atoms with E-state index in [1.165, 1.54) is 6.07 Å². The Morgan fingerprint density at radius 1 is 1.45 bits per heavy atom.